The van der Waals surface area contributed by atoms with Crippen molar-refractivity contribution < 1.29 is 38.6 Å². The van der Waals surface area contributed by atoms with Crippen LogP contribution in [-0.2, 0) is 11.3 Å². The van der Waals surface area contributed by atoms with Crippen LogP contribution >= 0.6 is 0 Å². The number of benzene rings is 6. The average molecular weight is 1530 g/mol. The van der Waals surface area contributed by atoms with Crippen LogP contribution in [0.2, 0.25) is 0 Å². The Morgan fingerprint density at radius 3 is 1.57 bits per heavy atom. The number of aryl methyl sites for hydroxylation is 8. The number of hydrogen-bond acceptors (Lipinski definition) is 13. The topological polar surface area (TPSA) is 273 Å². The first-order valence-electron chi connectivity index (χ1n) is 37.7. The minimum atomic E-state index is 0.235. The molecule has 0 unspecified atom stereocenters. The third kappa shape index (κ3) is 15.9. The van der Waals surface area contributed by atoms with Gasteiger partial charge < -0.3 is 83.4 Å². The molecule has 10 N–H and O–H groups in total. The minimum absolute atomic E-state index is 0.235. The number of phenolic OH excluding ortho intramolecular Hbond substituents is 2. The molecule has 21 nitrogen and oxygen atoms in total. The lowest BCUT2D eigenvalue weighted by molar-refractivity contribution is 0.174. The van der Waals surface area contributed by atoms with Crippen molar-refractivity contribution in [2.45, 2.75) is 61.9 Å². The summed E-state index contributed by atoms with van der Waals surface area (Å²) in [5.41, 5.74) is 23.0. The van der Waals surface area contributed by atoms with Gasteiger partial charge in [-0.05, 0) is 229 Å². The summed E-state index contributed by atoms with van der Waals surface area (Å²) in [7, 11) is 6.67. The van der Waals surface area contributed by atoms with Gasteiger partial charge in [-0.25, -0.2) is 20.0 Å². The minimum Gasteiger partial charge on any atom is -0.508 e. The summed E-state index contributed by atoms with van der Waals surface area (Å²) in [6, 6.07) is 57.7. The van der Waals surface area contributed by atoms with Gasteiger partial charge in [0.15, 0.2) is 11.5 Å². The number of fused-ring (bicyclic) bond motifs is 5. The summed E-state index contributed by atoms with van der Waals surface area (Å²) < 4.78 is 35.2. The third-order valence-corrected chi connectivity index (χ3v) is 20.4. The number of aliphatic imine (C=N–C) groups is 1. The fraction of sp³-hybridized carbons (Fsp3) is 0.149. The largest absolute Gasteiger partial charge is 0.508 e. The van der Waals surface area contributed by atoms with E-state index in [1.807, 2.05) is 148 Å². The Kier molecular flexibility index (Phi) is 20.5. The highest BCUT2D eigenvalue weighted by molar-refractivity contribution is 6.13. The SMILES string of the molecule is COC1=CC(c2cc3ccccc3n2Cc2ccc(O)cc2)=N/C1=C\c1[nH]c(C)cc1C.COc1cc(=C2C=c3c(O)cccc3=N2)[nH]/c1=C\c1[nH]c(C)cc1C.COc1cc(=C2C=c3cc4c(cc3=N2)OCO4)[nH]/c1=C\c1[nH]c(C)cc1C.COc1ccc(Nc2cc(=C3C=c4ccccc4=N3)[nH]/c2=C\c2[nH]c(C)cc2C)cc1. The third-order valence-electron chi connectivity index (χ3n) is 20.4. The van der Waals surface area contributed by atoms with Crippen LogP contribution in [0.3, 0.4) is 0 Å². The number of aromatic amines is 7. The Hall–Kier alpha value is -14.6. The van der Waals surface area contributed by atoms with Gasteiger partial charge in [-0.15, -0.1) is 0 Å². The van der Waals surface area contributed by atoms with E-state index in [1.165, 1.54) is 22.3 Å². The van der Waals surface area contributed by atoms with Crippen molar-refractivity contribution in [3.63, 3.8) is 0 Å². The van der Waals surface area contributed by atoms with E-state index in [1.54, 1.807) is 52.7 Å². The fourth-order valence-corrected chi connectivity index (χ4v) is 14.7. The summed E-state index contributed by atoms with van der Waals surface area (Å²) in [6.07, 6.45) is 16.3. The molecule has 0 saturated heterocycles. The summed E-state index contributed by atoms with van der Waals surface area (Å²) >= 11 is 0. The normalized spacial score (nSPS) is 15.5. The quantitative estimate of drug-likeness (QED) is 0.0525. The molecular weight excluding hydrogens is 1440 g/mol. The first-order chi connectivity index (χ1) is 55.7. The van der Waals surface area contributed by atoms with Crippen molar-refractivity contribution in [3.8, 4) is 40.2 Å². The molecule has 19 rings (SSSR count). The number of nitrogens with zero attached hydrogens (tertiary/aromatic N) is 5. The van der Waals surface area contributed by atoms with E-state index < -0.39 is 0 Å². The zero-order valence-corrected chi connectivity index (χ0v) is 65.9. The van der Waals surface area contributed by atoms with Crippen molar-refractivity contribution >= 4 is 87.6 Å². The second-order valence-corrected chi connectivity index (χ2v) is 28.9. The van der Waals surface area contributed by atoms with E-state index in [0.717, 1.165) is 206 Å². The molecule has 21 heteroatoms. The lowest BCUT2D eigenvalue weighted by Crippen LogP contribution is -2.20. The first-order valence-corrected chi connectivity index (χ1v) is 37.7. The van der Waals surface area contributed by atoms with Crippen molar-refractivity contribution in [2.75, 3.05) is 40.5 Å². The van der Waals surface area contributed by atoms with Gasteiger partial charge in [-0.3, -0.25) is 0 Å². The number of anilines is 2. The highest BCUT2D eigenvalue weighted by Gasteiger charge is 2.23. The molecule has 0 aliphatic carbocycles. The molecule has 0 fully saturated rings. The highest BCUT2D eigenvalue weighted by atomic mass is 16.7. The molecule has 13 heterocycles. The van der Waals surface area contributed by atoms with Crippen LogP contribution < -0.4 is 92.8 Å². The summed E-state index contributed by atoms with van der Waals surface area (Å²) in [5, 5.41) is 35.4. The van der Waals surface area contributed by atoms with Gasteiger partial charge in [0.2, 0.25) is 6.79 Å². The predicted octanol–water partition coefficient (Wildman–Crippen LogP) is 9.95. The molecule has 5 aliphatic heterocycles. The van der Waals surface area contributed by atoms with Crippen LogP contribution in [0.5, 0.6) is 40.2 Å². The molecule has 0 saturated carbocycles. The smallest absolute Gasteiger partial charge is 0.231 e. The van der Waals surface area contributed by atoms with E-state index in [4.69, 9.17) is 43.4 Å². The van der Waals surface area contributed by atoms with Crippen molar-refractivity contribution in [2.24, 2.45) is 20.0 Å². The molecule has 5 aliphatic rings. The average Bonchev–Trinajstić information content (AvgIpc) is 1.64. The Bertz CT molecular complexity index is 7050. The number of phenols is 2. The summed E-state index contributed by atoms with van der Waals surface area (Å²) in [4.78, 5) is 43.0. The van der Waals surface area contributed by atoms with Crippen LogP contribution in [0.25, 0.3) is 70.5 Å². The Balaban J connectivity index is 0.000000116. The maximum Gasteiger partial charge on any atom is 0.231 e. The number of aromatic hydroxyl groups is 2. The monoisotopic (exact) mass is 1530 g/mol. The highest BCUT2D eigenvalue weighted by Crippen LogP contribution is 2.32. The number of hydrogen-bond donors (Lipinski definition) is 10. The van der Waals surface area contributed by atoms with Gasteiger partial charge >= 0.3 is 0 Å². The molecule has 0 amide bonds. The van der Waals surface area contributed by atoms with Gasteiger partial charge in [0.1, 0.15) is 40.2 Å². The maximum atomic E-state index is 9.98. The zero-order chi connectivity index (χ0) is 79.7. The molecule has 0 atom stereocenters. The number of aromatic nitrogens is 8. The van der Waals surface area contributed by atoms with Crippen LogP contribution in [0, 0.1) is 55.4 Å². The molecule has 115 heavy (non-hydrogen) atoms. The predicted molar refractivity (Wildman–Crippen MR) is 453 cm³/mol. The number of H-pyrrole nitrogens is 7. The van der Waals surface area contributed by atoms with Crippen LogP contribution in [0.4, 0.5) is 11.4 Å². The lowest BCUT2D eigenvalue weighted by Gasteiger charge is -2.10. The van der Waals surface area contributed by atoms with Gasteiger partial charge in [0, 0.05) is 109 Å². The number of para-hydroxylation sites is 2. The molecule has 0 radical (unpaired) electrons. The van der Waals surface area contributed by atoms with E-state index in [2.05, 4.69) is 157 Å². The molecule has 576 valence electrons. The number of methoxy groups -OCH3 is 4. The Morgan fingerprint density at radius 2 is 0.983 bits per heavy atom. The maximum absolute atomic E-state index is 9.98. The van der Waals surface area contributed by atoms with Gasteiger partial charge in [0.05, 0.1) is 111 Å². The Morgan fingerprint density at radius 1 is 0.452 bits per heavy atom. The number of ether oxygens (including phenoxy) is 6. The molecule has 0 spiro atoms. The van der Waals surface area contributed by atoms with Crippen molar-refractivity contribution in [3.05, 3.63) is 336 Å². The second kappa shape index (κ2) is 31.6. The van der Waals surface area contributed by atoms with Crippen LogP contribution in [0.1, 0.15) is 79.1 Å². The molecular formula is C94H87N13O8. The summed E-state index contributed by atoms with van der Waals surface area (Å²) in [5.74, 6) is 5.10. The fourth-order valence-electron chi connectivity index (χ4n) is 14.7. The Labute approximate surface area is 661 Å². The standard InChI is InChI=1S/C27H25N3O2.C26H24N4O.C21H19N3O3.C20H19N3O2/c1-17-12-18(2)28-22(17)14-24-27(32-3)15-23(29-24)26-13-20-6-4-5-7-25(20)30(26)16-19-8-10-21(31)11-9-19;1-16-12-17(2)27-22(16)14-25-24(28-19-8-10-20(31-3)11-9-19)15-26(30-25)23-13-18-6-4-5-7-21(18)29-23;1-11-4-12(2)22-14(11)7-18-19(25-3)9-17(24-18)16-5-13-6-20-21(27-10-26-20)8-15(13)23-16;1-11-7-12(2)21-15(11)9-18-20(25-3)10-17(23-18)16-8-13-14(22-16)5-4-6-19(13)24/h4-15,28,31H,16H2,1-3H3;4-15,27-28,30H,1-3H3;4-9,22,24H,10H2,1-3H3;4-10,21,23-24H,1-3H3/b24-14-;25-14-,26-23?;17-16?,18-7-;17-16?,18-9-. The number of allylic oxidation sites excluding steroid dienone is 1. The molecule has 14 aromatic rings. The van der Waals surface area contributed by atoms with E-state index in [0.29, 0.717) is 6.54 Å². The zero-order valence-electron chi connectivity index (χ0n) is 65.9. The summed E-state index contributed by atoms with van der Waals surface area (Å²) in [6.45, 7) is 17.5. The molecule has 0 bridgehead atoms. The molecule has 6 aromatic carbocycles. The van der Waals surface area contributed by atoms with Gasteiger partial charge in [-0.2, -0.15) is 0 Å². The number of rotatable bonds is 13. The second-order valence-electron chi connectivity index (χ2n) is 28.9. The van der Waals surface area contributed by atoms with E-state index >= 15 is 0 Å². The van der Waals surface area contributed by atoms with Gasteiger partial charge in [0.25, 0.3) is 0 Å². The van der Waals surface area contributed by atoms with E-state index in [-0.39, 0.29) is 18.3 Å². The van der Waals surface area contributed by atoms with Crippen molar-refractivity contribution in [1.29, 1.82) is 0 Å². The molecule has 8 aromatic heterocycles. The number of nitrogens with one attached hydrogen (secondary N) is 8. The van der Waals surface area contributed by atoms with Crippen LogP contribution in [0.15, 0.2) is 213 Å². The van der Waals surface area contributed by atoms with Gasteiger partial charge in [-0.1, -0.05) is 54.6 Å². The van der Waals surface area contributed by atoms with Crippen LogP contribution in [-0.4, -0.2) is 90.6 Å². The van der Waals surface area contributed by atoms with Crippen molar-refractivity contribution in [1.82, 2.24) is 39.5 Å². The van der Waals surface area contributed by atoms with E-state index in [9.17, 15) is 10.2 Å². The first kappa shape index (κ1) is 74.5. The lowest BCUT2D eigenvalue weighted by atomic mass is 10.2.